The fraction of sp³-hybridized carbons (Fsp3) is 0.133. The average Bonchev–Trinajstić information content (AvgIpc) is 2.80. The molecule has 1 aromatic heterocycles. The lowest BCUT2D eigenvalue weighted by Gasteiger charge is -2.02. The van der Waals surface area contributed by atoms with Gasteiger partial charge in [-0.05, 0) is 30.2 Å². The van der Waals surface area contributed by atoms with E-state index in [4.69, 9.17) is 5.73 Å². The standard InChI is InChI=1S/C15H14N2S/c16-12-6-2-1-5-11(12)9-10-15-17-13-7-3-4-8-14(13)18-15/h1-8H,9-10,16H2. The monoisotopic (exact) mass is 254 g/mol. The summed E-state index contributed by atoms with van der Waals surface area (Å²) < 4.78 is 1.26. The number of anilines is 1. The molecule has 0 atom stereocenters. The van der Waals surface area contributed by atoms with E-state index in [9.17, 15) is 0 Å². The van der Waals surface area contributed by atoms with Crippen LogP contribution in [0.2, 0.25) is 0 Å². The number of nitrogens with zero attached hydrogens (tertiary/aromatic N) is 1. The van der Waals surface area contributed by atoms with Crippen molar-refractivity contribution in [2.75, 3.05) is 5.73 Å². The van der Waals surface area contributed by atoms with Gasteiger partial charge < -0.3 is 5.73 Å². The summed E-state index contributed by atoms with van der Waals surface area (Å²) >= 11 is 1.77. The Labute approximate surface area is 110 Å². The van der Waals surface area contributed by atoms with E-state index in [-0.39, 0.29) is 0 Å². The Kier molecular flexibility index (Phi) is 2.99. The first kappa shape index (κ1) is 11.2. The SMILES string of the molecule is Nc1ccccc1CCc1nc2ccccc2s1. The summed E-state index contributed by atoms with van der Waals surface area (Å²) in [5.41, 5.74) is 9.12. The van der Waals surface area contributed by atoms with Gasteiger partial charge in [0.15, 0.2) is 0 Å². The first-order chi connectivity index (χ1) is 8.83. The van der Waals surface area contributed by atoms with E-state index < -0.39 is 0 Å². The Bertz CT molecular complexity index is 640. The molecule has 2 aromatic carbocycles. The topological polar surface area (TPSA) is 38.9 Å². The molecule has 0 unspecified atom stereocenters. The zero-order valence-corrected chi connectivity index (χ0v) is 10.8. The second kappa shape index (κ2) is 4.78. The summed E-state index contributed by atoms with van der Waals surface area (Å²) in [6.45, 7) is 0. The molecule has 0 aliphatic heterocycles. The molecule has 0 bridgehead atoms. The number of rotatable bonds is 3. The number of hydrogen-bond donors (Lipinski definition) is 1. The van der Waals surface area contributed by atoms with Gasteiger partial charge in [0, 0.05) is 12.1 Å². The van der Waals surface area contributed by atoms with Gasteiger partial charge >= 0.3 is 0 Å². The van der Waals surface area contributed by atoms with Crippen molar-refractivity contribution in [2.45, 2.75) is 12.8 Å². The van der Waals surface area contributed by atoms with Crippen molar-refractivity contribution in [1.29, 1.82) is 0 Å². The maximum Gasteiger partial charge on any atom is 0.0941 e. The van der Waals surface area contributed by atoms with Crippen LogP contribution in [0.25, 0.3) is 10.2 Å². The van der Waals surface area contributed by atoms with Gasteiger partial charge in [0.05, 0.1) is 15.2 Å². The first-order valence-corrected chi connectivity index (χ1v) is 6.82. The van der Waals surface area contributed by atoms with Gasteiger partial charge in [0.1, 0.15) is 0 Å². The van der Waals surface area contributed by atoms with Crippen LogP contribution in [-0.2, 0) is 12.8 Å². The Morgan fingerprint density at radius 3 is 2.56 bits per heavy atom. The second-order valence-corrected chi connectivity index (χ2v) is 5.39. The summed E-state index contributed by atoms with van der Waals surface area (Å²) in [6, 6.07) is 16.3. The molecule has 0 spiro atoms. The number of nitrogens with two attached hydrogens (primary N) is 1. The van der Waals surface area contributed by atoms with E-state index in [1.807, 2.05) is 24.3 Å². The third kappa shape index (κ3) is 2.22. The van der Waals surface area contributed by atoms with Crippen LogP contribution in [0.5, 0.6) is 0 Å². The van der Waals surface area contributed by atoms with Crippen LogP contribution in [0.4, 0.5) is 5.69 Å². The predicted molar refractivity (Wildman–Crippen MR) is 77.9 cm³/mol. The van der Waals surface area contributed by atoms with Gasteiger partial charge in [0.2, 0.25) is 0 Å². The molecule has 2 nitrogen and oxygen atoms in total. The summed E-state index contributed by atoms with van der Waals surface area (Å²) in [7, 11) is 0. The van der Waals surface area contributed by atoms with E-state index >= 15 is 0 Å². The smallest absolute Gasteiger partial charge is 0.0941 e. The zero-order valence-electron chi connectivity index (χ0n) is 9.97. The number of thiazole rings is 1. The second-order valence-electron chi connectivity index (χ2n) is 4.27. The summed E-state index contributed by atoms with van der Waals surface area (Å²) in [5, 5.41) is 1.18. The first-order valence-electron chi connectivity index (χ1n) is 6.01. The van der Waals surface area contributed by atoms with Crippen molar-refractivity contribution in [1.82, 2.24) is 4.98 Å². The summed E-state index contributed by atoms with van der Waals surface area (Å²) in [6.07, 6.45) is 1.90. The van der Waals surface area contributed by atoms with Crippen LogP contribution in [0, 0.1) is 0 Å². The van der Waals surface area contributed by atoms with Crippen LogP contribution < -0.4 is 5.73 Å². The number of aryl methyl sites for hydroxylation is 2. The summed E-state index contributed by atoms with van der Waals surface area (Å²) in [5.74, 6) is 0. The quantitative estimate of drug-likeness (QED) is 0.724. The Balaban J connectivity index is 1.79. The normalized spacial score (nSPS) is 10.9. The largest absolute Gasteiger partial charge is 0.399 e. The lowest BCUT2D eigenvalue weighted by molar-refractivity contribution is 0.951. The number of fused-ring (bicyclic) bond motifs is 1. The van der Waals surface area contributed by atoms with E-state index in [0.29, 0.717) is 0 Å². The average molecular weight is 254 g/mol. The fourth-order valence-electron chi connectivity index (χ4n) is 2.03. The minimum absolute atomic E-state index is 0.874. The molecule has 0 fully saturated rings. The number of para-hydroxylation sites is 2. The van der Waals surface area contributed by atoms with E-state index in [2.05, 4.69) is 29.2 Å². The maximum absolute atomic E-state index is 5.94. The molecule has 0 aliphatic rings. The third-order valence-corrected chi connectivity index (χ3v) is 4.10. The van der Waals surface area contributed by atoms with Gasteiger partial charge in [-0.3, -0.25) is 0 Å². The minimum atomic E-state index is 0.874. The maximum atomic E-state index is 5.94. The summed E-state index contributed by atoms with van der Waals surface area (Å²) in [4.78, 5) is 4.64. The highest BCUT2D eigenvalue weighted by Crippen LogP contribution is 2.23. The van der Waals surface area contributed by atoms with Crippen LogP contribution in [0.3, 0.4) is 0 Å². The van der Waals surface area contributed by atoms with Crippen LogP contribution in [0.1, 0.15) is 10.6 Å². The highest BCUT2D eigenvalue weighted by atomic mass is 32.1. The van der Waals surface area contributed by atoms with Crippen molar-refractivity contribution < 1.29 is 0 Å². The minimum Gasteiger partial charge on any atom is -0.399 e. The van der Waals surface area contributed by atoms with Gasteiger partial charge in [-0.15, -0.1) is 11.3 Å². The highest BCUT2D eigenvalue weighted by molar-refractivity contribution is 7.18. The van der Waals surface area contributed by atoms with E-state index in [1.165, 1.54) is 15.3 Å². The molecule has 1 heterocycles. The van der Waals surface area contributed by atoms with Crippen LogP contribution in [-0.4, -0.2) is 4.98 Å². The number of nitrogen functional groups attached to an aromatic ring is 1. The molecule has 0 saturated carbocycles. The molecule has 0 saturated heterocycles. The molecule has 0 radical (unpaired) electrons. The van der Waals surface area contributed by atoms with Crippen molar-refractivity contribution in [3.05, 3.63) is 59.1 Å². The van der Waals surface area contributed by atoms with Gasteiger partial charge in [-0.25, -0.2) is 4.98 Å². The van der Waals surface area contributed by atoms with E-state index in [0.717, 1.165) is 24.0 Å². The Hall–Kier alpha value is -1.87. The number of benzene rings is 2. The molecular weight excluding hydrogens is 240 g/mol. The van der Waals surface area contributed by atoms with Crippen molar-refractivity contribution in [3.63, 3.8) is 0 Å². The van der Waals surface area contributed by atoms with Gasteiger partial charge in [0.25, 0.3) is 0 Å². The van der Waals surface area contributed by atoms with Crippen LogP contribution in [0.15, 0.2) is 48.5 Å². The van der Waals surface area contributed by atoms with Gasteiger partial charge in [-0.2, -0.15) is 0 Å². The molecule has 2 N–H and O–H groups in total. The Morgan fingerprint density at radius 1 is 0.944 bits per heavy atom. The molecule has 3 aromatic rings. The molecule has 0 aliphatic carbocycles. The molecule has 0 amide bonds. The van der Waals surface area contributed by atoms with E-state index in [1.54, 1.807) is 11.3 Å². The number of aromatic nitrogens is 1. The Morgan fingerprint density at radius 2 is 1.72 bits per heavy atom. The number of hydrogen-bond acceptors (Lipinski definition) is 3. The lowest BCUT2D eigenvalue weighted by Crippen LogP contribution is -1.96. The van der Waals surface area contributed by atoms with Gasteiger partial charge in [-0.1, -0.05) is 30.3 Å². The molecule has 90 valence electrons. The molecule has 18 heavy (non-hydrogen) atoms. The molecular formula is C15H14N2S. The zero-order chi connectivity index (χ0) is 12.4. The van der Waals surface area contributed by atoms with Crippen molar-refractivity contribution in [3.8, 4) is 0 Å². The van der Waals surface area contributed by atoms with Crippen molar-refractivity contribution >= 4 is 27.2 Å². The molecule has 3 heteroatoms. The fourth-order valence-corrected chi connectivity index (χ4v) is 3.00. The highest BCUT2D eigenvalue weighted by Gasteiger charge is 2.04. The predicted octanol–water partition coefficient (Wildman–Crippen LogP) is 3.66. The third-order valence-electron chi connectivity index (χ3n) is 3.00. The lowest BCUT2D eigenvalue weighted by atomic mass is 10.1. The molecule has 3 rings (SSSR count). The van der Waals surface area contributed by atoms with Crippen LogP contribution >= 0.6 is 11.3 Å². The van der Waals surface area contributed by atoms with Crippen molar-refractivity contribution in [2.24, 2.45) is 0 Å².